The van der Waals surface area contributed by atoms with E-state index >= 15 is 0 Å². The van der Waals surface area contributed by atoms with Crippen molar-refractivity contribution >= 4 is 11.0 Å². The monoisotopic (exact) mass is 343 g/mol. The first kappa shape index (κ1) is 16.8. The molecule has 2 aromatic rings. The lowest BCUT2D eigenvalue weighted by Gasteiger charge is -2.44. The molecule has 136 valence electrons. The van der Waals surface area contributed by atoms with Gasteiger partial charge in [-0.3, -0.25) is 14.4 Å². The molecule has 0 radical (unpaired) electrons. The van der Waals surface area contributed by atoms with Gasteiger partial charge in [-0.2, -0.15) is 5.10 Å². The van der Waals surface area contributed by atoms with Crippen molar-refractivity contribution in [2.45, 2.75) is 71.5 Å². The highest BCUT2D eigenvalue weighted by Crippen LogP contribution is 2.43. The van der Waals surface area contributed by atoms with Crippen LogP contribution < -0.4 is 5.56 Å². The minimum Gasteiger partial charge on any atom is -0.309 e. The van der Waals surface area contributed by atoms with E-state index in [0.29, 0.717) is 28.5 Å². The summed E-state index contributed by atoms with van der Waals surface area (Å²) in [5, 5.41) is 4.73. The molecule has 25 heavy (non-hydrogen) atoms. The van der Waals surface area contributed by atoms with Crippen molar-refractivity contribution in [3.8, 4) is 0 Å². The molecule has 0 aliphatic heterocycles. The van der Waals surface area contributed by atoms with Gasteiger partial charge in [0.15, 0.2) is 5.65 Å². The van der Waals surface area contributed by atoms with Gasteiger partial charge in [-0.05, 0) is 43.4 Å². The maximum Gasteiger partial charge on any atom is 0.262 e. The molecule has 2 atom stereocenters. The van der Waals surface area contributed by atoms with E-state index in [1.807, 2.05) is 7.05 Å². The summed E-state index contributed by atoms with van der Waals surface area (Å²) in [5.41, 5.74) is 0.982. The Morgan fingerprint density at radius 1 is 1.32 bits per heavy atom. The van der Waals surface area contributed by atoms with Gasteiger partial charge in [0.1, 0.15) is 11.2 Å². The molecule has 2 aliphatic rings. The first-order valence-electron chi connectivity index (χ1n) is 9.49. The molecule has 2 fully saturated rings. The van der Waals surface area contributed by atoms with Crippen LogP contribution in [0.25, 0.3) is 11.0 Å². The Kier molecular flexibility index (Phi) is 3.98. The Hall–Kier alpha value is -1.69. The van der Waals surface area contributed by atoms with Gasteiger partial charge in [0.05, 0.1) is 12.7 Å². The number of rotatable bonds is 4. The molecular weight excluding hydrogens is 314 g/mol. The highest BCUT2D eigenvalue weighted by molar-refractivity contribution is 5.72. The van der Waals surface area contributed by atoms with Crippen LogP contribution in [0.1, 0.15) is 58.7 Å². The zero-order valence-electron chi connectivity index (χ0n) is 15.7. The molecule has 1 N–H and O–H groups in total. The van der Waals surface area contributed by atoms with Gasteiger partial charge >= 0.3 is 0 Å². The van der Waals surface area contributed by atoms with E-state index in [4.69, 9.17) is 4.98 Å². The Balaban J connectivity index is 1.62. The van der Waals surface area contributed by atoms with Crippen molar-refractivity contribution < 1.29 is 0 Å². The maximum atomic E-state index is 12.3. The second-order valence-corrected chi connectivity index (χ2v) is 8.99. The van der Waals surface area contributed by atoms with Crippen molar-refractivity contribution in [3.63, 3.8) is 0 Å². The van der Waals surface area contributed by atoms with E-state index in [1.54, 1.807) is 10.9 Å². The smallest absolute Gasteiger partial charge is 0.262 e. The number of hydrogen-bond donors (Lipinski definition) is 1. The van der Waals surface area contributed by atoms with Crippen LogP contribution >= 0.6 is 0 Å². The quantitative estimate of drug-likeness (QED) is 0.927. The molecule has 2 heterocycles. The van der Waals surface area contributed by atoms with Crippen molar-refractivity contribution in [2.75, 3.05) is 0 Å². The minimum absolute atomic E-state index is 0.0822. The third-order valence-electron chi connectivity index (χ3n) is 5.83. The number of H-pyrrole nitrogens is 1. The molecular formula is C19H29N5O. The second-order valence-electron chi connectivity index (χ2n) is 8.99. The molecule has 2 saturated carbocycles. The van der Waals surface area contributed by atoms with Gasteiger partial charge in [-0.25, -0.2) is 4.98 Å². The van der Waals surface area contributed by atoms with Gasteiger partial charge in [0.2, 0.25) is 0 Å². The Bertz CT molecular complexity index is 832. The van der Waals surface area contributed by atoms with Crippen LogP contribution in [0.2, 0.25) is 0 Å². The number of nitrogens with zero attached hydrogens (tertiary/aromatic N) is 4. The molecule has 6 nitrogen and oxygen atoms in total. The van der Waals surface area contributed by atoms with Crippen LogP contribution in [0.4, 0.5) is 0 Å². The highest BCUT2D eigenvalue weighted by atomic mass is 16.1. The second kappa shape index (κ2) is 5.94. The molecule has 0 bridgehead atoms. The predicted molar refractivity (Wildman–Crippen MR) is 98.3 cm³/mol. The van der Waals surface area contributed by atoms with E-state index in [2.05, 4.69) is 35.8 Å². The van der Waals surface area contributed by atoms with Crippen LogP contribution in [0.3, 0.4) is 0 Å². The lowest BCUT2D eigenvalue weighted by Crippen LogP contribution is -2.44. The van der Waals surface area contributed by atoms with Crippen molar-refractivity contribution in [2.24, 2.45) is 18.4 Å². The largest absolute Gasteiger partial charge is 0.309 e. The summed E-state index contributed by atoms with van der Waals surface area (Å²) in [4.78, 5) is 22.6. The summed E-state index contributed by atoms with van der Waals surface area (Å²) in [6.45, 7) is 7.89. The lowest BCUT2D eigenvalue weighted by atomic mass is 9.70. The summed E-state index contributed by atoms with van der Waals surface area (Å²) in [7, 11) is 1.84. The average Bonchev–Trinajstić information content (AvgIpc) is 3.27. The van der Waals surface area contributed by atoms with Crippen LogP contribution in [0.15, 0.2) is 11.0 Å². The fraction of sp³-hybridized carbons (Fsp3) is 0.737. The number of aromatic amines is 1. The third-order valence-corrected chi connectivity index (χ3v) is 5.83. The molecule has 4 rings (SSSR count). The van der Waals surface area contributed by atoms with Gasteiger partial charge in [0, 0.05) is 19.1 Å². The van der Waals surface area contributed by atoms with Crippen LogP contribution in [0.5, 0.6) is 0 Å². The van der Waals surface area contributed by atoms with Gasteiger partial charge in [-0.15, -0.1) is 0 Å². The van der Waals surface area contributed by atoms with Crippen LogP contribution in [-0.4, -0.2) is 36.7 Å². The number of fused-ring (bicyclic) bond motifs is 1. The third kappa shape index (κ3) is 3.36. The average molecular weight is 343 g/mol. The SMILES string of the molecule is C[C@H]1C[C@@H](N(Cc2nc3c(cnn3C)c(=O)[nH]2)C2CC2)CC(C)(C)C1. The summed E-state index contributed by atoms with van der Waals surface area (Å²) in [5.74, 6) is 1.52. The molecule has 6 heteroatoms. The van der Waals surface area contributed by atoms with E-state index < -0.39 is 0 Å². The first-order chi connectivity index (χ1) is 11.8. The topological polar surface area (TPSA) is 66.8 Å². The first-order valence-corrected chi connectivity index (χ1v) is 9.49. The molecule has 2 aliphatic carbocycles. The maximum absolute atomic E-state index is 12.3. The lowest BCUT2D eigenvalue weighted by molar-refractivity contribution is 0.0549. The standard InChI is InChI=1S/C19H29N5O/c1-12-7-14(9-19(2,3)8-12)24(13-5-6-13)11-16-21-17-15(18(25)22-16)10-20-23(17)4/h10,12-14H,5-9,11H2,1-4H3,(H,21,22,25)/t12-,14+/m0/s1. The molecule has 0 aromatic carbocycles. The highest BCUT2D eigenvalue weighted by Gasteiger charge is 2.40. The minimum atomic E-state index is -0.0822. The Morgan fingerprint density at radius 3 is 2.76 bits per heavy atom. The zero-order valence-corrected chi connectivity index (χ0v) is 15.7. The summed E-state index contributed by atoms with van der Waals surface area (Å²) in [6, 6.07) is 1.23. The number of aryl methyl sites for hydroxylation is 1. The molecule has 2 aromatic heterocycles. The number of aromatic nitrogens is 4. The van der Waals surface area contributed by atoms with E-state index in [1.165, 1.54) is 32.1 Å². The fourth-order valence-corrected chi connectivity index (χ4v) is 4.84. The summed E-state index contributed by atoms with van der Waals surface area (Å²) >= 11 is 0. The van der Waals surface area contributed by atoms with Crippen molar-refractivity contribution in [1.82, 2.24) is 24.6 Å². The summed E-state index contributed by atoms with van der Waals surface area (Å²) in [6.07, 6.45) is 7.91. The Labute approximate surface area is 148 Å². The molecule has 0 amide bonds. The molecule has 0 saturated heterocycles. The normalized spacial score (nSPS) is 26.4. The van der Waals surface area contributed by atoms with E-state index in [0.717, 1.165) is 18.3 Å². The Morgan fingerprint density at radius 2 is 2.08 bits per heavy atom. The number of nitrogens with one attached hydrogen (secondary N) is 1. The van der Waals surface area contributed by atoms with Crippen molar-refractivity contribution in [1.29, 1.82) is 0 Å². The van der Waals surface area contributed by atoms with Crippen molar-refractivity contribution in [3.05, 3.63) is 22.4 Å². The van der Waals surface area contributed by atoms with Crippen LogP contribution in [-0.2, 0) is 13.6 Å². The fourth-order valence-electron chi connectivity index (χ4n) is 4.84. The van der Waals surface area contributed by atoms with Crippen LogP contribution in [0, 0.1) is 11.3 Å². The van der Waals surface area contributed by atoms with Gasteiger partial charge < -0.3 is 4.98 Å². The van der Waals surface area contributed by atoms with Gasteiger partial charge in [-0.1, -0.05) is 20.8 Å². The number of hydrogen-bond acceptors (Lipinski definition) is 4. The van der Waals surface area contributed by atoms with E-state index in [-0.39, 0.29) is 5.56 Å². The summed E-state index contributed by atoms with van der Waals surface area (Å²) < 4.78 is 1.68. The zero-order chi connectivity index (χ0) is 17.8. The predicted octanol–water partition coefficient (Wildman–Crippen LogP) is 2.84. The van der Waals surface area contributed by atoms with E-state index in [9.17, 15) is 4.79 Å². The van der Waals surface area contributed by atoms with Gasteiger partial charge in [0.25, 0.3) is 5.56 Å². The molecule has 0 unspecified atom stereocenters. The molecule has 0 spiro atoms.